The van der Waals surface area contributed by atoms with Crippen molar-refractivity contribution < 1.29 is 19.7 Å². The Bertz CT molecular complexity index is 721. The summed E-state index contributed by atoms with van der Waals surface area (Å²) in [6, 6.07) is 10.3. The number of carbonyl (C=O) groups excluding carboxylic acids is 1. The quantitative estimate of drug-likeness (QED) is 0.768. The van der Waals surface area contributed by atoms with Gasteiger partial charge in [-0.3, -0.25) is 4.79 Å². The Balaban J connectivity index is 1.94. The molecule has 2 aliphatic heterocycles. The number of ketones is 1. The van der Waals surface area contributed by atoms with Crippen LogP contribution >= 0.6 is 0 Å². The molecule has 0 aromatic heterocycles. The summed E-state index contributed by atoms with van der Waals surface area (Å²) in [5.41, 5.74) is 1.94. The van der Waals surface area contributed by atoms with E-state index in [-0.39, 0.29) is 17.3 Å². The van der Waals surface area contributed by atoms with E-state index in [4.69, 9.17) is 4.74 Å². The lowest BCUT2D eigenvalue weighted by Crippen LogP contribution is -2.00. The van der Waals surface area contributed by atoms with Crippen LogP contribution in [0.5, 0.6) is 23.0 Å². The Morgan fingerprint density at radius 3 is 2.30 bits per heavy atom. The van der Waals surface area contributed by atoms with Gasteiger partial charge in [0.25, 0.3) is 0 Å². The van der Waals surface area contributed by atoms with E-state index >= 15 is 0 Å². The second kappa shape index (κ2) is 6.73. The maximum absolute atomic E-state index is 11.9. The molecule has 0 aliphatic carbocycles. The zero-order valence-corrected chi connectivity index (χ0v) is 12.9. The first-order valence-corrected chi connectivity index (χ1v) is 7.95. The van der Waals surface area contributed by atoms with Crippen molar-refractivity contribution in [1.29, 1.82) is 0 Å². The smallest absolute Gasteiger partial charge is 0.169 e. The minimum Gasteiger partial charge on any atom is -0.504 e. The Kier molecular flexibility index (Phi) is 4.51. The van der Waals surface area contributed by atoms with Crippen LogP contribution in [0.25, 0.3) is 0 Å². The first-order chi connectivity index (χ1) is 11.1. The molecule has 0 fully saturated rings. The first kappa shape index (κ1) is 15.4. The van der Waals surface area contributed by atoms with Crippen molar-refractivity contribution >= 4 is 5.78 Å². The van der Waals surface area contributed by atoms with Crippen LogP contribution in [0.1, 0.15) is 36.8 Å². The van der Waals surface area contributed by atoms with Crippen LogP contribution in [-0.2, 0) is 17.6 Å². The Morgan fingerprint density at radius 2 is 1.48 bits per heavy atom. The van der Waals surface area contributed by atoms with E-state index in [1.54, 1.807) is 24.3 Å². The van der Waals surface area contributed by atoms with Gasteiger partial charge in [0.15, 0.2) is 23.0 Å². The van der Waals surface area contributed by atoms with Crippen LogP contribution in [0.3, 0.4) is 0 Å². The van der Waals surface area contributed by atoms with Gasteiger partial charge in [0.1, 0.15) is 5.78 Å². The average Bonchev–Trinajstić information content (AvgIpc) is 2.54. The molecule has 2 aromatic carbocycles. The molecule has 23 heavy (non-hydrogen) atoms. The van der Waals surface area contributed by atoms with Gasteiger partial charge in [-0.1, -0.05) is 12.1 Å². The third-order valence-corrected chi connectivity index (χ3v) is 4.13. The van der Waals surface area contributed by atoms with Crippen LogP contribution in [-0.4, -0.2) is 16.0 Å². The summed E-state index contributed by atoms with van der Waals surface area (Å²) < 4.78 is 5.66. The number of aromatic hydroxyl groups is 2. The highest BCUT2D eigenvalue weighted by Crippen LogP contribution is 2.36. The molecule has 4 nitrogen and oxygen atoms in total. The number of carbonyl (C=O) groups is 1. The fourth-order valence-corrected chi connectivity index (χ4v) is 2.78. The van der Waals surface area contributed by atoms with Crippen LogP contribution in [0.4, 0.5) is 0 Å². The van der Waals surface area contributed by atoms with Gasteiger partial charge in [-0.05, 0) is 61.1 Å². The van der Waals surface area contributed by atoms with Crippen LogP contribution in [0, 0.1) is 0 Å². The van der Waals surface area contributed by atoms with E-state index < -0.39 is 0 Å². The van der Waals surface area contributed by atoms with Gasteiger partial charge < -0.3 is 14.9 Å². The number of fused-ring (bicyclic) bond motifs is 8. The molecule has 0 atom stereocenters. The molecular formula is C19H20O4. The molecule has 2 heterocycles. The number of hydrogen-bond acceptors (Lipinski definition) is 4. The standard InChI is InChI=1S/C19H20O4/c20-15-4-2-1-3-13-6-9-16(21)19(12-13)23-18-10-7-14(5-8-15)11-17(18)22/h6-7,9-12,21-22H,1-5,8H2. The average molecular weight is 312 g/mol. The highest BCUT2D eigenvalue weighted by Gasteiger charge is 2.12. The van der Waals surface area contributed by atoms with Crippen molar-refractivity contribution in [3.05, 3.63) is 47.5 Å². The van der Waals surface area contributed by atoms with Crippen molar-refractivity contribution in [3.8, 4) is 23.0 Å². The zero-order chi connectivity index (χ0) is 16.2. The molecule has 120 valence electrons. The van der Waals surface area contributed by atoms with E-state index in [1.165, 1.54) is 0 Å². The number of aryl methyl sites for hydroxylation is 2. The number of phenolic OH excluding ortho intramolecular Hbond substituents is 2. The molecule has 0 radical (unpaired) electrons. The van der Waals surface area contributed by atoms with Crippen molar-refractivity contribution in [1.82, 2.24) is 0 Å². The molecule has 4 bridgehead atoms. The van der Waals surface area contributed by atoms with Gasteiger partial charge >= 0.3 is 0 Å². The molecule has 0 unspecified atom stereocenters. The number of ether oxygens (including phenoxy) is 1. The summed E-state index contributed by atoms with van der Waals surface area (Å²) in [4.78, 5) is 11.9. The molecule has 2 aromatic rings. The summed E-state index contributed by atoms with van der Waals surface area (Å²) in [5, 5.41) is 20.1. The highest BCUT2D eigenvalue weighted by molar-refractivity contribution is 5.78. The lowest BCUT2D eigenvalue weighted by Gasteiger charge is -2.11. The first-order valence-electron chi connectivity index (χ1n) is 7.95. The van der Waals surface area contributed by atoms with Gasteiger partial charge in [0.05, 0.1) is 0 Å². The number of rotatable bonds is 0. The summed E-state index contributed by atoms with van der Waals surface area (Å²) in [5.74, 6) is 0.927. The van der Waals surface area contributed by atoms with Crippen molar-refractivity contribution in [2.24, 2.45) is 0 Å². The molecule has 2 N–H and O–H groups in total. The van der Waals surface area contributed by atoms with E-state index in [0.29, 0.717) is 30.8 Å². The van der Waals surface area contributed by atoms with Gasteiger partial charge in [0.2, 0.25) is 0 Å². The fraction of sp³-hybridized carbons (Fsp3) is 0.316. The van der Waals surface area contributed by atoms with Crippen LogP contribution < -0.4 is 4.74 Å². The summed E-state index contributed by atoms with van der Waals surface area (Å²) in [7, 11) is 0. The Morgan fingerprint density at radius 1 is 0.739 bits per heavy atom. The van der Waals surface area contributed by atoms with Gasteiger partial charge in [-0.2, -0.15) is 0 Å². The van der Waals surface area contributed by atoms with Crippen molar-refractivity contribution in [3.63, 3.8) is 0 Å². The largest absolute Gasteiger partial charge is 0.504 e. The van der Waals surface area contributed by atoms with Gasteiger partial charge in [-0.15, -0.1) is 0 Å². The SMILES string of the molecule is O=C1CCCCc2ccc(O)c(c2)Oc2ccc(cc2O)CC1. The zero-order valence-electron chi connectivity index (χ0n) is 12.9. The maximum atomic E-state index is 11.9. The normalized spacial score (nSPS) is 15.6. The monoisotopic (exact) mass is 312 g/mol. The molecule has 2 aliphatic rings. The Hall–Kier alpha value is -2.49. The van der Waals surface area contributed by atoms with E-state index in [1.807, 2.05) is 12.1 Å². The lowest BCUT2D eigenvalue weighted by molar-refractivity contribution is -0.119. The van der Waals surface area contributed by atoms with Crippen molar-refractivity contribution in [2.45, 2.75) is 38.5 Å². The van der Waals surface area contributed by atoms with Crippen LogP contribution in [0.2, 0.25) is 0 Å². The van der Waals surface area contributed by atoms with Gasteiger partial charge in [0, 0.05) is 12.8 Å². The number of benzene rings is 2. The van der Waals surface area contributed by atoms with Gasteiger partial charge in [-0.25, -0.2) is 0 Å². The number of phenols is 2. The molecule has 4 rings (SSSR count). The molecule has 0 saturated heterocycles. The topological polar surface area (TPSA) is 66.8 Å². The fourth-order valence-electron chi connectivity index (χ4n) is 2.78. The molecular weight excluding hydrogens is 292 g/mol. The summed E-state index contributed by atoms with van der Waals surface area (Å²) in [6.45, 7) is 0. The summed E-state index contributed by atoms with van der Waals surface area (Å²) >= 11 is 0. The second-order valence-corrected chi connectivity index (χ2v) is 5.95. The lowest BCUT2D eigenvalue weighted by atomic mass is 10.0. The van der Waals surface area contributed by atoms with E-state index in [2.05, 4.69) is 0 Å². The molecule has 0 spiro atoms. The second-order valence-electron chi connectivity index (χ2n) is 5.95. The number of Topliss-reactive ketones (excluding diaryl/α,β-unsaturated/α-hetero) is 1. The predicted octanol–water partition coefficient (Wildman–Crippen LogP) is 4.12. The molecule has 0 amide bonds. The van der Waals surface area contributed by atoms with Crippen molar-refractivity contribution in [2.75, 3.05) is 0 Å². The highest BCUT2D eigenvalue weighted by atomic mass is 16.5. The third kappa shape index (κ3) is 3.83. The minimum atomic E-state index is 0.00891. The third-order valence-electron chi connectivity index (χ3n) is 4.13. The Labute approximate surface area is 135 Å². The minimum absolute atomic E-state index is 0.00891. The number of hydrogen-bond donors (Lipinski definition) is 2. The van der Waals surface area contributed by atoms with Crippen LogP contribution in [0.15, 0.2) is 36.4 Å². The molecule has 0 saturated carbocycles. The van der Waals surface area contributed by atoms with E-state index in [9.17, 15) is 15.0 Å². The summed E-state index contributed by atoms with van der Waals surface area (Å²) in [6.07, 6.45) is 4.31. The maximum Gasteiger partial charge on any atom is 0.169 e. The van der Waals surface area contributed by atoms with E-state index in [0.717, 1.165) is 30.4 Å². The predicted molar refractivity (Wildman–Crippen MR) is 87.2 cm³/mol. The molecule has 4 heteroatoms.